The van der Waals surface area contributed by atoms with E-state index in [0.717, 1.165) is 26.7 Å². The number of nitrogens with one attached hydrogen (secondary N) is 1. The Hall–Kier alpha value is -2.29. The smallest absolute Gasteiger partial charge is 0.341 e. The lowest BCUT2D eigenvalue weighted by Crippen LogP contribution is -2.15. The molecule has 0 saturated carbocycles. The molecule has 2 aromatic rings. The number of benzene rings is 2. The molecule has 0 amide bonds. The number of methoxy groups -OCH3 is 2. The van der Waals surface area contributed by atoms with Crippen molar-refractivity contribution in [2.24, 2.45) is 0 Å². The first-order chi connectivity index (χ1) is 14.6. The minimum Gasteiger partial charge on any atom is -0.503 e. The number of hydrogen-bond acceptors (Lipinski definition) is 4. The van der Waals surface area contributed by atoms with Crippen molar-refractivity contribution in [1.29, 1.82) is 0 Å². The predicted octanol–water partition coefficient (Wildman–Crippen LogP) is 5.07. The second-order valence-electron chi connectivity index (χ2n) is 6.10. The summed E-state index contributed by atoms with van der Waals surface area (Å²) in [7, 11) is 2.83. The Kier molecular flexibility index (Phi) is 10.5. The number of hydroxylamine groups is 1. The number of alkyl halides is 1. The minimum atomic E-state index is -0.461. The highest BCUT2D eigenvalue weighted by Crippen LogP contribution is 2.21. The van der Waals surface area contributed by atoms with Gasteiger partial charge in [0, 0.05) is 20.6 Å². The molecule has 0 saturated heterocycles. The molecule has 0 bridgehead atoms. The number of aliphatic hydroxyl groups is 1. The van der Waals surface area contributed by atoms with Crippen molar-refractivity contribution in [3.8, 4) is 0 Å². The van der Waals surface area contributed by atoms with Gasteiger partial charge in [0.25, 0.3) is 0 Å². The maximum atomic E-state index is 12.1. The largest absolute Gasteiger partial charge is 0.503 e. The van der Waals surface area contributed by atoms with Gasteiger partial charge in [0.15, 0.2) is 6.61 Å². The zero-order chi connectivity index (χ0) is 21.8. The van der Waals surface area contributed by atoms with Crippen molar-refractivity contribution >= 4 is 51.8 Å². The average Bonchev–Trinajstić information content (AvgIpc) is 2.78. The zero-order valence-electron chi connectivity index (χ0n) is 16.8. The van der Waals surface area contributed by atoms with Crippen LogP contribution in [0.25, 0.3) is 11.6 Å². The molecular weight excluding hydrogens is 517 g/mol. The summed E-state index contributed by atoms with van der Waals surface area (Å²) in [5.74, 6) is -0.461. The highest BCUT2D eigenvalue weighted by Gasteiger charge is 2.17. The fraction of sp³-hybridized carbons (Fsp3) is 0.174. The number of allylic oxidation sites excluding steroid dienone is 2. The van der Waals surface area contributed by atoms with E-state index in [1.807, 2.05) is 66.9 Å². The van der Waals surface area contributed by atoms with Crippen LogP contribution >= 0.6 is 34.2 Å². The molecule has 0 spiro atoms. The summed E-state index contributed by atoms with van der Waals surface area (Å²) in [6, 6.07) is 15.2. The molecule has 0 aliphatic rings. The first kappa shape index (κ1) is 24.0. The third-order valence-electron chi connectivity index (χ3n) is 4.05. The number of hydrogen-bond donors (Lipinski definition) is 1. The second-order valence-corrected chi connectivity index (χ2v) is 7.30. The third kappa shape index (κ3) is 7.51. The topological polar surface area (TPSA) is 60.4 Å². The molecule has 0 aliphatic carbocycles. The standard InChI is InChI=1S/C23H23ClINO4/c1-28-16-22(23(27)29-2)21-6-4-3-5-19(21)15-30-26-14-18(13-25)8-7-17-9-11-20(24)12-10-17/h3-12,14,16,26H,13,15H2,1-2H3/p+1/b8-7+,18-14+,22-16+. The Balaban J connectivity index is 2.02. The fourth-order valence-electron chi connectivity index (χ4n) is 2.54. The van der Waals surface area contributed by atoms with E-state index in [0.29, 0.717) is 17.2 Å². The van der Waals surface area contributed by atoms with Crippen molar-refractivity contribution in [3.63, 3.8) is 0 Å². The molecular formula is C23H24ClINO4+. The first-order valence-corrected chi connectivity index (χ1v) is 11.0. The van der Waals surface area contributed by atoms with Crippen LogP contribution in [0, 0.1) is 0 Å². The van der Waals surface area contributed by atoms with Gasteiger partial charge in [-0.25, -0.2) is 4.79 Å². The van der Waals surface area contributed by atoms with Crippen LogP contribution in [0.4, 0.5) is 0 Å². The number of halogens is 2. The van der Waals surface area contributed by atoms with Crippen LogP contribution in [0.5, 0.6) is 0 Å². The molecule has 2 N–H and O–H groups in total. The molecule has 0 radical (unpaired) electrons. The Morgan fingerprint density at radius 1 is 1.17 bits per heavy atom. The van der Waals surface area contributed by atoms with E-state index < -0.39 is 5.97 Å². The highest BCUT2D eigenvalue weighted by molar-refractivity contribution is 14.1. The molecule has 2 rings (SSSR count). The maximum Gasteiger partial charge on any atom is 0.341 e. The van der Waals surface area contributed by atoms with E-state index in [1.54, 1.807) is 0 Å². The summed E-state index contributed by atoms with van der Waals surface area (Å²) in [5, 5.41) is 0.716. The Morgan fingerprint density at radius 2 is 1.90 bits per heavy atom. The van der Waals surface area contributed by atoms with Gasteiger partial charge in [0.1, 0.15) is 5.57 Å². The van der Waals surface area contributed by atoms with Crippen LogP contribution < -0.4 is 5.48 Å². The molecule has 0 atom stereocenters. The summed E-state index contributed by atoms with van der Waals surface area (Å²) < 4.78 is 10.7. The van der Waals surface area contributed by atoms with Crippen LogP contribution in [-0.2, 0) is 20.9 Å². The number of esters is 1. The molecule has 0 fully saturated rings. The quantitative estimate of drug-likeness (QED) is 0.0526. The monoisotopic (exact) mass is 540 g/mol. The van der Waals surface area contributed by atoms with Crippen LogP contribution in [0.3, 0.4) is 0 Å². The number of ether oxygens (including phenoxy) is 2. The second kappa shape index (κ2) is 13.1. The van der Waals surface area contributed by atoms with E-state index in [9.17, 15) is 4.79 Å². The van der Waals surface area contributed by atoms with Gasteiger partial charge in [-0.15, -0.1) is 0 Å². The van der Waals surface area contributed by atoms with Gasteiger partial charge in [-0.2, -0.15) is 5.48 Å². The first-order valence-electron chi connectivity index (χ1n) is 9.09. The van der Waals surface area contributed by atoms with E-state index >= 15 is 0 Å². The van der Waals surface area contributed by atoms with Gasteiger partial charge in [-0.1, -0.05) is 82.7 Å². The molecule has 0 aromatic heterocycles. The molecule has 0 heterocycles. The SMILES string of the molecule is CO/C=C(/C(=O)OC)c1ccccc1C[OH+]N/C=C(\C=C\c1ccc(Cl)cc1)CI. The lowest BCUT2D eigenvalue weighted by Gasteiger charge is -2.10. The van der Waals surface area contributed by atoms with E-state index in [4.69, 9.17) is 21.1 Å². The Bertz CT molecular complexity index is 923. The van der Waals surface area contributed by atoms with Gasteiger partial charge in [-0.3, -0.25) is 4.84 Å². The average molecular weight is 541 g/mol. The van der Waals surface area contributed by atoms with Gasteiger partial charge < -0.3 is 9.47 Å². The lowest BCUT2D eigenvalue weighted by atomic mass is 10.0. The van der Waals surface area contributed by atoms with E-state index in [1.165, 1.54) is 20.5 Å². The Labute approximate surface area is 195 Å². The van der Waals surface area contributed by atoms with Crippen molar-refractivity contribution in [1.82, 2.24) is 5.48 Å². The maximum absolute atomic E-state index is 12.1. The highest BCUT2D eigenvalue weighted by atomic mass is 127. The molecule has 158 valence electrons. The summed E-state index contributed by atoms with van der Waals surface area (Å²) in [4.78, 5) is 16.5. The predicted molar refractivity (Wildman–Crippen MR) is 130 cm³/mol. The van der Waals surface area contributed by atoms with Crippen molar-refractivity contribution in [2.45, 2.75) is 6.61 Å². The Morgan fingerprint density at radius 3 is 2.57 bits per heavy atom. The van der Waals surface area contributed by atoms with Crippen molar-refractivity contribution in [2.75, 3.05) is 18.6 Å². The van der Waals surface area contributed by atoms with Gasteiger partial charge in [-0.05, 0) is 23.3 Å². The van der Waals surface area contributed by atoms with Crippen molar-refractivity contribution < 1.29 is 19.1 Å². The number of rotatable bonds is 10. The van der Waals surface area contributed by atoms with Crippen LogP contribution in [0.2, 0.25) is 5.02 Å². The number of carbonyl (C=O) groups is 1. The fourth-order valence-corrected chi connectivity index (χ4v) is 3.14. The zero-order valence-corrected chi connectivity index (χ0v) is 19.7. The van der Waals surface area contributed by atoms with Crippen molar-refractivity contribution in [3.05, 3.63) is 94.4 Å². The molecule has 30 heavy (non-hydrogen) atoms. The molecule has 5 nitrogen and oxygen atoms in total. The lowest BCUT2D eigenvalue weighted by molar-refractivity contribution is -0.133. The van der Waals surface area contributed by atoms with E-state index in [-0.39, 0.29) is 0 Å². The van der Waals surface area contributed by atoms with E-state index in [2.05, 4.69) is 32.9 Å². The normalized spacial score (nSPS) is 12.1. The van der Waals surface area contributed by atoms with Crippen LogP contribution in [-0.4, -0.2) is 29.5 Å². The molecule has 2 aromatic carbocycles. The number of carbonyl (C=O) groups excluding carboxylic acids is 1. The minimum absolute atomic E-state index is 0.347. The summed E-state index contributed by atoms with van der Waals surface area (Å²) >= 11 is 8.22. The summed E-state index contributed by atoms with van der Waals surface area (Å²) in [6.45, 7) is 0.375. The van der Waals surface area contributed by atoms with Crippen LogP contribution in [0.15, 0.2) is 72.6 Å². The molecule has 0 aliphatic heterocycles. The summed E-state index contributed by atoms with van der Waals surface area (Å²) in [5.41, 5.74) is 7.08. The van der Waals surface area contributed by atoms with Gasteiger partial charge in [0.05, 0.1) is 26.7 Å². The van der Waals surface area contributed by atoms with Gasteiger partial charge in [0.2, 0.25) is 0 Å². The van der Waals surface area contributed by atoms with Gasteiger partial charge >= 0.3 is 5.97 Å². The molecule has 7 heteroatoms. The third-order valence-corrected chi connectivity index (χ3v) is 5.19. The molecule has 0 unspecified atom stereocenters. The van der Waals surface area contributed by atoms with Crippen LogP contribution in [0.1, 0.15) is 16.7 Å². The summed E-state index contributed by atoms with van der Waals surface area (Å²) in [6.07, 6.45) is 7.29.